The van der Waals surface area contributed by atoms with Gasteiger partial charge in [0.1, 0.15) is 5.82 Å². The van der Waals surface area contributed by atoms with Gasteiger partial charge < -0.3 is 10.4 Å². The van der Waals surface area contributed by atoms with Crippen LogP contribution in [0.4, 0.5) is 11.9 Å². The molecule has 2 rings (SSSR count). The van der Waals surface area contributed by atoms with Crippen LogP contribution in [0.25, 0.3) is 0 Å². The van der Waals surface area contributed by atoms with Crippen molar-refractivity contribution in [2.24, 2.45) is 5.92 Å². The minimum absolute atomic E-state index is 0.0310. The van der Waals surface area contributed by atoms with Gasteiger partial charge in [-0.25, -0.2) is 8.42 Å². The Hall–Kier alpha value is -2.26. The Morgan fingerprint density at radius 2 is 1.68 bits per heavy atom. The fourth-order valence-corrected chi connectivity index (χ4v) is 3.31. The number of sulfonamides is 1. The minimum atomic E-state index is -3.52. The first-order chi connectivity index (χ1) is 13.2. The summed E-state index contributed by atoms with van der Waals surface area (Å²) in [5.74, 6) is 1.21. The van der Waals surface area contributed by atoms with E-state index >= 15 is 0 Å². The lowest BCUT2D eigenvalue weighted by Crippen LogP contribution is -2.27. The highest BCUT2D eigenvalue weighted by atomic mass is 32.2. The number of nitrogens with one attached hydrogen (secondary N) is 2. The third-order valence-corrected chi connectivity index (χ3v) is 4.68. The van der Waals surface area contributed by atoms with Crippen molar-refractivity contribution in [2.45, 2.75) is 45.6 Å². The van der Waals surface area contributed by atoms with Crippen molar-refractivity contribution < 1.29 is 13.5 Å². The number of nitrogens with zero attached hydrogens (tertiary/aromatic N) is 3. The maximum Gasteiger partial charge on any atom is 0.241 e. The van der Waals surface area contributed by atoms with E-state index in [0.717, 1.165) is 18.2 Å². The van der Waals surface area contributed by atoms with Crippen molar-refractivity contribution in [1.82, 2.24) is 15.0 Å². The molecule has 2 aromatic rings. The van der Waals surface area contributed by atoms with Gasteiger partial charge in [-0.05, 0) is 23.8 Å². The Morgan fingerprint density at radius 1 is 1.04 bits per heavy atom. The highest BCUT2D eigenvalue weighted by Crippen LogP contribution is 2.20. The van der Waals surface area contributed by atoms with Crippen LogP contribution in [0.2, 0.25) is 0 Å². The predicted octanol–water partition coefficient (Wildman–Crippen LogP) is 2.41. The minimum Gasteiger partial charge on any atom is -0.394 e. The molecule has 0 radical (unpaired) electrons. The van der Waals surface area contributed by atoms with Crippen LogP contribution in [-0.2, 0) is 16.4 Å². The first-order valence-electron chi connectivity index (χ1n) is 9.31. The molecule has 2 unspecified atom stereocenters. The largest absolute Gasteiger partial charge is 0.394 e. The summed E-state index contributed by atoms with van der Waals surface area (Å²) in [7, 11) is -3.52. The molecule has 8 nitrogen and oxygen atoms in total. The van der Waals surface area contributed by atoms with E-state index in [4.69, 9.17) is 0 Å². The zero-order valence-electron chi connectivity index (χ0n) is 16.8. The first kappa shape index (κ1) is 22.0. The summed E-state index contributed by atoms with van der Waals surface area (Å²) in [6.07, 6.45) is 2.30. The molecule has 0 saturated heterocycles. The van der Waals surface area contributed by atoms with Gasteiger partial charge in [0.2, 0.25) is 21.9 Å². The zero-order chi connectivity index (χ0) is 20.7. The molecule has 0 aliphatic heterocycles. The number of aliphatic hydroxyl groups excluding tert-OH is 1. The van der Waals surface area contributed by atoms with Gasteiger partial charge in [0.05, 0.1) is 18.9 Å². The van der Waals surface area contributed by atoms with Crippen molar-refractivity contribution in [3.63, 3.8) is 0 Å². The van der Waals surface area contributed by atoms with Crippen molar-refractivity contribution in [2.75, 3.05) is 22.9 Å². The second-order valence-corrected chi connectivity index (χ2v) is 9.19. The summed E-state index contributed by atoms with van der Waals surface area (Å²) in [6.45, 7) is 6.10. The molecule has 3 N–H and O–H groups in total. The molecule has 0 aliphatic carbocycles. The molecule has 1 aromatic carbocycles. The quantitative estimate of drug-likeness (QED) is 0.553. The van der Waals surface area contributed by atoms with E-state index in [1.165, 1.54) is 0 Å². The monoisotopic (exact) mass is 407 g/mol. The molecule has 0 fully saturated rings. The molecular weight excluding hydrogens is 378 g/mol. The van der Waals surface area contributed by atoms with E-state index in [0.29, 0.717) is 18.2 Å². The zero-order valence-corrected chi connectivity index (χ0v) is 17.6. The van der Waals surface area contributed by atoms with Gasteiger partial charge in [-0.15, -0.1) is 0 Å². The van der Waals surface area contributed by atoms with Crippen LogP contribution in [0.3, 0.4) is 0 Å². The molecule has 9 heteroatoms. The third kappa shape index (κ3) is 7.40. The van der Waals surface area contributed by atoms with Crippen LogP contribution in [0, 0.1) is 5.92 Å². The van der Waals surface area contributed by atoms with Crippen LogP contribution < -0.4 is 10.0 Å². The van der Waals surface area contributed by atoms with E-state index < -0.39 is 10.0 Å². The molecule has 154 valence electrons. The van der Waals surface area contributed by atoms with Gasteiger partial charge in [0.25, 0.3) is 0 Å². The molecule has 28 heavy (non-hydrogen) atoms. The van der Waals surface area contributed by atoms with Gasteiger partial charge in [0.15, 0.2) is 0 Å². The maximum atomic E-state index is 11.6. The van der Waals surface area contributed by atoms with Crippen LogP contribution in [0.5, 0.6) is 0 Å². The molecule has 1 heterocycles. The molecule has 0 aliphatic rings. The van der Waals surface area contributed by atoms with E-state index in [9.17, 15) is 13.5 Å². The van der Waals surface area contributed by atoms with Crippen LogP contribution in [-0.4, -0.2) is 47.4 Å². The number of anilines is 2. The van der Waals surface area contributed by atoms with E-state index in [1.54, 1.807) is 0 Å². The Bertz CT molecular complexity index is 859. The predicted molar refractivity (Wildman–Crippen MR) is 111 cm³/mol. The van der Waals surface area contributed by atoms with Crippen LogP contribution in [0.1, 0.15) is 44.5 Å². The fraction of sp³-hybridized carbons (Fsp3) is 0.526. The summed E-state index contributed by atoms with van der Waals surface area (Å²) in [6, 6.07) is 9.74. The van der Waals surface area contributed by atoms with Crippen molar-refractivity contribution in [1.29, 1.82) is 0 Å². The number of hydrogen-bond acceptors (Lipinski definition) is 7. The summed E-state index contributed by atoms with van der Waals surface area (Å²) < 4.78 is 25.6. The second kappa shape index (κ2) is 9.79. The lowest BCUT2D eigenvalue weighted by Gasteiger charge is -2.19. The number of aromatic nitrogens is 3. The second-order valence-electron chi connectivity index (χ2n) is 7.44. The summed E-state index contributed by atoms with van der Waals surface area (Å²) in [5.41, 5.74) is 1.14. The Kier molecular flexibility index (Phi) is 7.70. The average Bonchev–Trinajstić information content (AvgIpc) is 2.59. The average molecular weight is 408 g/mol. The van der Waals surface area contributed by atoms with Gasteiger partial charge >= 0.3 is 0 Å². The highest BCUT2D eigenvalue weighted by molar-refractivity contribution is 7.91. The van der Waals surface area contributed by atoms with E-state index in [2.05, 4.69) is 45.8 Å². The lowest BCUT2D eigenvalue weighted by molar-refractivity contribution is 0.259. The first-order valence-corrected chi connectivity index (χ1v) is 11.2. The van der Waals surface area contributed by atoms with E-state index in [1.807, 2.05) is 30.3 Å². The number of benzene rings is 1. The number of rotatable bonds is 10. The summed E-state index contributed by atoms with van der Waals surface area (Å²) in [5, 5.41) is 12.7. The van der Waals surface area contributed by atoms with Crippen molar-refractivity contribution in [3.05, 3.63) is 41.7 Å². The molecule has 0 spiro atoms. The Labute approximate surface area is 166 Å². The molecule has 0 saturated carbocycles. The number of hydrogen-bond donors (Lipinski definition) is 3. The summed E-state index contributed by atoms with van der Waals surface area (Å²) >= 11 is 0. The molecule has 0 amide bonds. The Balaban J connectivity index is 2.28. The maximum absolute atomic E-state index is 11.6. The van der Waals surface area contributed by atoms with Crippen LogP contribution in [0.15, 0.2) is 30.3 Å². The van der Waals surface area contributed by atoms with Gasteiger partial charge in [-0.2, -0.15) is 15.0 Å². The Morgan fingerprint density at radius 3 is 2.25 bits per heavy atom. The number of aliphatic hydroxyl groups is 1. The normalized spacial score (nSPS) is 13.9. The standard InChI is InChI=1S/C19H29N5O3S/c1-13(2)10-16(12-25)20-18-21-17(22-19(23-18)24-28(4,26)27)11-14(3)15-8-6-5-7-9-15/h5-9,13-14,16,25H,10-12H2,1-4H3,(H2,20,21,22,23,24). The lowest BCUT2D eigenvalue weighted by atomic mass is 9.98. The van der Waals surface area contributed by atoms with Crippen LogP contribution >= 0.6 is 0 Å². The molecule has 2 atom stereocenters. The van der Waals surface area contributed by atoms with Gasteiger partial charge in [-0.1, -0.05) is 51.1 Å². The highest BCUT2D eigenvalue weighted by Gasteiger charge is 2.16. The van der Waals surface area contributed by atoms with Crippen molar-refractivity contribution >= 4 is 21.9 Å². The van der Waals surface area contributed by atoms with Crippen molar-refractivity contribution in [3.8, 4) is 0 Å². The third-order valence-electron chi connectivity index (χ3n) is 4.13. The van der Waals surface area contributed by atoms with E-state index in [-0.39, 0.29) is 30.5 Å². The SMILES string of the molecule is CC(C)CC(CO)Nc1nc(CC(C)c2ccccc2)nc(NS(C)(=O)=O)n1. The van der Waals surface area contributed by atoms with Gasteiger partial charge in [0, 0.05) is 6.42 Å². The summed E-state index contributed by atoms with van der Waals surface area (Å²) in [4.78, 5) is 12.9. The molecular formula is C19H29N5O3S. The van der Waals surface area contributed by atoms with Gasteiger partial charge in [-0.3, -0.25) is 4.72 Å². The smallest absolute Gasteiger partial charge is 0.241 e. The molecule has 1 aromatic heterocycles. The topological polar surface area (TPSA) is 117 Å². The fourth-order valence-electron chi connectivity index (χ4n) is 2.89. The molecule has 0 bridgehead atoms.